The first-order chi connectivity index (χ1) is 10.0. The van der Waals surface area contributed by atoms with Gasteiger partial charge in [-0.15, -0.1) is 0 Å². The molecular weight excluding hydrogens is 311 g/mol. The van der Waals surface area contributed by atoms with Crippen LogP contribution in [-0.4, -0.2) is 12.8 Å². The maximum absolute atomic E-state index is 11.7. The van der Waals surface area contributed by atoms with Crippen LogP contribution in [0.4, 0.5) is 10.5 Å². The Labute approximate surface area is 133 Å². The third kappa shape index (κ3) is 4.85. The second kappa shape index (κ2) is 7.20. The van der Waals surface area contributed by atoms with Crippen molar-refractivity contribution < 1.29 is 9.53 Å². The highest BCUT2D eigenvalue weighted by Gasteiger charge is 2.03. The molecule has 110 valence electrons. The minimum Gasteiger partial charge on any atom is -0.473 e. The lowest BCUT2D eigenvalue weighted by molar-refractivity contribution is 0.234. The van der Waals surface area contributed by atoms with Crippen LogP contribution >= 0.6 is 23.2 Å². The van der Waals surface area contributed by atoms with Gasteiger partial charge < -0.3 is 15.4 Å². The highest BCUT2D eigenvalue weighted by molar-refractivity contribution is 6.31. The van der Waals surface area contributed by atoms with Gasteiger partial charge in [-0.05, 0) is 48.9 Å². The normalized spacial score (nSPS) is 10.0. The third-order valence-corrected chi connectivity index (χ3v) is 3.37. The number of carbonyl (C=O) groups excluding carboxylic acids is 1. The summed E-state index contributed by atoms with van der Waals surface area (Å²) in [5, 5.41) is 6.48. The van der Waals surface area contributed by atoms with Crippen molar-refractivity contribution in [3.8, 4) is 5.75 Å². The van der Waals surface area contributed by atoms with Gasteiger partial charge in [-0.25, -0.2) is 4.79 Å². The molecule has 6 heteroatoms. The van der Waals surface area contributed by atoms with Crippen LogP contribution in [-0.2, 0) is 0 Å². The number of hydrogen-bond donors (Lipinski definition) is 2. The second-order valence-corrected chi connectivity index (χ2v) is 5.18. The van der Waals surface area contributed by atoms with E-state index >= 15 is 0 Å². The lowest BCUT2D eigenvalue weighted by atomic mass is 10.2. The maximum Gasteiger partial charge on any atom is 0.321 e. The summed E-state index contributed by atoms with van der Waals surface area (Å²) >= 11 is 11.8. The molecule has 0 unspecified atom stereocenters. The molecule has 2 N–H and O–H groups in total. The molecule has 0 fully saturated rings. The number of anilines is 1. The van der Waals surface area contributed by atoms with Crippen LogP contribution in [0, 0.1) is 6.92 Å². The predicted molar refractivity (Wildman–Crippen MR) is 85.3 cm³/mol. The molecule has 2 amide bonds. The Balaban J connectivity index is 1.79. The molecule has 0 saturated carbocycles. The van der Waals surface area contributed by atoms with Gasteiger partial charge in [0.25, 0.3) is 0 Å². The predicted octanol–water partition coefficient (Wildman–Crippen LogP) is 4.46. The van der Waals surface area contributed by atoms with Gasteiger partial charge in [0.1, 0.15) is 5.75 Å². The molecule has 21 heavy (non-hydrogen) atoms. The number of nitrogens with one attached hydrogen (secondary N) is 2. The lowest BCUT2D eigenvalue weighted by Crippen LogP contribution is -2.32. The molecule has 0 aliphatic heterocycles. The van der Waals surface area contributed by atoms with Gasteiger partial charge in [0.2, 0.25) is 0 Å². The first-order valence-corrected chi connectivity index (χ1v) is 6.99. The molecule has 0 spiro atoms. The summed E-state index contributed by atoms with van der Waals surface area (Å²) in [5.41, 5.74) is 1.57. The fraction of sp³-hybridized carbons (Fsp3) is 0.133. The number of hydrogen-bond acceptors (Lipinski definition) is 2. The summed E-state index contributed by atoms with van der Waals surface area (Å²) in [7, 11) is 0. The smallest absolute Gasteiger partial charge is 0.321 e. The average molecular weight is 325 g/mol. The molecule has 0 bridgehead atoms. The van der Waals surface area contributed by atoms with Gasteiger partial charge >= 0.3 is 6.03 Å². The van der Waals surface area contributed by atoms with E-state index in [0.29, 0.717) is 21.5 Å². The summed E-state index contributed by atoms with van der Waals surface area (Å²) in [5.74, 6) is 0.623. The molecule has 0 aliphatic rings. The summed E-state index contributed by atoms with van der Waals surface area (Å²) in [6, 6.07) is 11.8. The average Bonchev–Trinajstić information content (AvgIpc) is 2.45. The van der Waals surface area contributed by atoms with Crippen molar-refractivity contribution in [2.75, 3.05) is 12.0 Å². The van der Waals surface area contributed by atoms with Crippen molar-refractivity contribution in [3.05, 3.63) is 58.1 Å². The third-order valence-electron chi connectivity index (χ3n) is 2.71. The first-order valence-electron chi connectivity index (χ1n) is 6.24. The van der Waals surface area contributed by atoms with Gasteiger partial charge in [0.15, 0.2) is 6.73 Å². The highest BCUT2D eigenvalue weighted by Crippen LogP contribution is 2.19. The van der Waals surface area contributed by atoms with Gasteiger partial charge in [0.05, 0.1) is 0 Å². The second-order valence-electron chi connectivity index (χ2n) is 4.34. The molecule has 0 aliphatic carbocycles. The van der Waals surface area contributed by atoms with Crippen molar-refractivity contribution >= 4 is 34.9 Å². The van der Waals surface area contributed by atoms with E-state index in [1.54, 1.807) is 36.4 Å². The summed E-state index contributed by atoms with van der Waals surface area (Å²) in [6.07, 6.45) is 0. The van der Waals surface area contributed by atoms with Gasteiger partial charge in [-0.1, -0.05) is 29.3 Å². The first kappa shape index (κ1) is 15.5. The van der Waals surface area contributed by atoms with Crippen LogP contribution in [0.3, 0.4) is 0 Å². The largest absolute Gasteiger partial charge is 0.473 e. The summed E-state index contributed by atoms with van der Waals surface area (Å²) < 4.78 is 5.36. The van der Waals surface area contributed by atoms with Crippen LogP contribution in [0.15, 0.2) is 42.5 Å². The van der Waals surface area contributed by atoms with Crippen molar-refractivity contribution in [1.82, 2.24) is 5.32 Å². The Morgan fingerprint density at radius 1 is 1.14 bits per heavy atom. The molecule has 0 heterocycles. The van der Waals surface area contributed by atoms with Crippen LogP contribution < -0.4 is 15.4 Å². The van der Waals surface area contributed by atoms with Gasteiger partial charge in [-0.3, -0.25) is 0 Å². The molecule has 0 radical (unpaired) electrons. The van der Waals surface area contributed by atoms with Crippen molar-refractivity contribution in [2.45, 2.75) is 6.92 Å². The van der Waals surface area contributed by atoms with Crippen molar-refractivity contribution in [3.63, 3.8) is 0 Å². The fourth-order valence-corrected chi connectivity index (χ4v) is 1.87. The number of urea groups is 1. The Morgan fingerprint density at radius 3 is 2.52 bits per heavy atom. The minimum atomic E-state index is -0.371. The van der Waals surface area contributed by atoms with E-state index in [9.17, 15) is 4.79 Å². The number of amides is 2. The topological polar surface area (TPSA) is 50.4 Å². The fourth-order valence-electron chi connectivity index (χ4n) is 1.56. The molecule has 0 aromatic heterocycles. The standard InChI is InChI=1S/C15H14Cl2N2O2/c1-10-2-5-12(8-14(10)17)19-15(20)18-9-21-13-6-3-11(16)4-7-13/h2-8H,9H2,1H3,(H2,18,19,20). The van der Waals surface area contributed by atoms with E-state index < -0.39 is 0 Å². The summed E-state index contributed by atoms with van der Waals surface area (Å²) in [6.45, 7) is 1.94. The van der Waals surface area contributed by atoms with Crippen molar-refractivity contribution in [1.29, 1.82) is 0 Å². The number of rotatable bonds is 4. The summed E-state index contributed by atoms with van der Waals surface area (Å²) in [4.78, 5) is 11.7. The Bertz CT molecular complexity index is 630. The zero-order valence-corrected chi connectivity index (χ0v) is 12.8. The molecule has 4 nitrogen and oxygen atoms in total. The van der Waals surface area contributed by atoms with Crippen LogP contribution in [0.2, 0.25) is 10.0 Å². The lowest BCUT2D eigenvalue weighted by Gasteiger charge is -2.10. The number of ether oxygens (including phenoxy) is 1. The van der Waals surface area contributed by atoms with E-state index in [1.165, 1.54) is 0 Å². The Hall–Kier alpha value is -1.91. The van der Waals surface area contributed by atoms with Gasteiger partial charge in [-0.2, -0.15) is 0 Å². The number of aryl methyl sites for hydroxylation is 1. The van der Waals surface area contributed by atoms with Crippen LogP contribution in [0.25, 0.3) is 0 Å². The quantitative estimate of drug-likeness (QED) is 0.816. The van der Waals surface area contributed by atoms with E-state index in [0.717, 1.165) is 5.56 Å². The van der Waals surface area contributed by atoms with E-state index in [1.807, 2.05) is 13.0 Å². The maximum atomic E-state index is 11.7. The molecular formula is C15H14Cl2N2O2. The number of halogens is 2. The Morgan fingerprint density at radius 2 is 1.86 bits per heavy atom. The van der Waals surface area contributed by atoms with E-state index in [4.69, 9.17) is 27.9 Å². The molecule has 2 aromatic rings. The van der Waals surface area contributed by atoms with Gasteiger partial charge in [0, 0.05) is 15.7 Å². The van der Waals surface area contributed by atoms with Crippen molar-refractivity contribution in [2.24, 2.45) is 0 Å². The molecule has 2 rings (SSSR count). The van der Waals surface area contributed by atoms with Crippen LogP contribution in [0.1, 0.15) is 5.56 Å². The molecule has 2 aromatic carbocycles. The zero-order valence-electron chi connectivity index (χ0n) is 11.3. The van der Waals surface area contributed by atoms with E-state index in [2.05, 4.69) is 10.6 Å². The minimum absolute atomic E-state index is 0.0487. The zero-order chi connectivity index (χ0) is 15.2. The van der Waals surface area contributed by atoms with Crippen LogP contribution in [0.5, 0.6) is 5.75 Å². The SMILES string of the molecule is Cc1ccc(NC(=O)NCOc2ccc(Cl)cc2)cc1Cl. The number of benzene rings is 2. The van der Waals surface area contributed by atoms with E-state index in [-0.39, 0.29) is 12.8 Å². The highest BCUT2D eigenvalue weighted by atomic mass is 35.5. The monoisotopic (exact) mass is 324 g/mol. The Kier molecular flexibility index (Phi) is 5.31. The molecule has 0 saturated heterocycles. The molecule has 0 atom stereocenters. The number of carbonyl (C=O) groups is 1.